The Balaban J connectivity index is 1.08. The number of oxazole rings is 2. The van der Waals surface area contributed by atoms with E-state index in [0.29, 0.717) is 55.2 Å². The quantitative estimate of drug-likeness (QED) is 0.161. The first kappa shape index (κ1) is 34.0. The zero-order valence-corrected chi connectivity index (χ0v) is 29.0. The summed E-state index contributed by atoms with van der Waals surface area (Å²) in [5, 5.41) is 12.7. The minimum Gasteiger partial charge on any atom is -0.480 e. The van der Waals surface area contributed by atoms with Gasteiger partial charge in [-0.25, -0.2) is 9.97 Å². The van der Waals surface area contributed by atoms with Crippen LogP contribution >= 0.6 is 0 Å². The highest BCUT2D eigenvalue weighted by Crippen LogP contribution is 2.39. The predicted octanol–water partition coefficient (Wildman–Crippen LogP) is 6.72. The van der Waals surface area contributed by atoms with Crippen LogP contribution in [0.1, 0.15) is 53.8 Å². The fourth-order valence-corrected chi connectivity index (χ4v) is 7.92. The van der Waals surface area contributed by atoms with Crippen LogP contribution in [0.2, 0.25) is 0 Å². The predicted molar refractivity (Wildman–Crippen MR) is 188 cm³/mol. The lowest BCUT2D eigenvalue weighted by atomic mass is 9.91. The second-order valence-electron chi connectivity index (χ2n) is 13.9. The summed E-state index contributed by atoms with van der Waals surface area (Å²) in [6.45, 7) is 3.98. The number of rotatable bonds is 10. The van der Waals surface area contributed by atoms with Crippen molar-refractivity contribution in [2.75, 3.05) is 19.6 Å². The number of carboxylic acids is 1. The van der Waals surface area contributed by atoms with Gasteiger partial charge in [-0.05, 0) is 80.1 Å². The van der Waals surface area contributed by atoms with Gasteiger partial charge in [-0.3, -0.25) is 19.4 Å². The number of benzene rings is 3. The number of hydrogen-bond acceptors (Lipinski definition) is 9. The minimum atomic E-state index is -3.06. The number of carbonyl (C=O) groups is 2. The van der Waals surface area contributed by atoms with E-state index in [9.17, 15) is 23.5 Å². The summed E-state index contributed by atoms with van der Waals surface area (Å²) in [7, 11) is 0. The average molecular weight is 712 g/mol. The van der Waals surface area contributed by atoms with Gasteiger partial charge in [-0.1, -0.05) is 24.3 Å². The lowest BCUT2D eigenvalue weighted by Gasteiger charge is -2.27. The molecule has 11 nitrogen and oxygen atoms in total. The topological polar surface area (TPSA) is 134 Å². The lowest BCUT2D eigenvalue weighted by Crippen LogP contribution is -2.41. The third-order valence-corrected chi connectivity index (χ3v) is 10.6. The van der Waals surface area contributed by atoms with Crippen LogP contribution in [0.25, 0.3) is 45.1 Å². The molecule has 0 aliphatic carbocycles. The Kier molecular flexibility index (Phi) is 9.00. The van der Waals surface area contributed by atoms with Gasteiger partial charge in [0.1, 0.15) is 23.1 Å². The van der Waals surface area contributed by atoms with Crippen LogP contribution in [0.3, 0.4) is 0 Å². The van der Waals surface area contributed by atoms with Crippen molar-refractivity contribution in [3.63, 3.8) is 0 Å². The molecule has 2 atom stereocenters. The van der Waals surface area contributed by atoms with Gasteiger partial charge in [0, 0.05) is 67.8 Å². The molecule has 0 saturated carbocycles. The summed E-state index contributed by atoms with van der Waals surface area (Å²) < 4.78 is 44.3. The Morgan fingerprint density at radius 1 is 0.981 bits per heavy atom. The Hall–Kier alpha value is -5.14. The Morgan fingerprint density at radius 2 is 1.69 bits per heavy atom. The van der Waals surface area contributed by atoms with E-state index in [-0.39, 0.29) is 29.8 Å². The molecular weight excluding hydrogens is 672 g/mol. The summed E-state index contributed by atoms with van der Waals surface area (Å²) in [5.41, 5.74) is 7.62. The van der Waals surface area contributed by atoms with E-state index >= 15 is 0 Å². The molecule has 8 rings (SSSR count). The number of fused-ring (bicyclic) bond motifs is 2. The maximum absolute atomic E-state index is 13.5. The van der Waals surface area contributed by atoms with Gasteiger partial charge in [0.05, 0.1) is 5.69 Å². The molecule has 5 aromatic rings. The first-order valence-corrected chi connectivity index (χ1v) is 17.7. The molecule has 0 spiro atoms. The standard InChI is InChI=1S/C39H39F2N5O6/c1-21-25(26-7-4-9-28(22(26)2)37-44-30-20-45(15-13-32(30)50-37)19-24-11-12-35(47)42-24)6-3-8-27(21)36-43-29-16-23(18-46-14-5-10-31(46)38(48)49)33(52-39(40)41)17-34(29)51-36/h3-4,6-9,16-17,24,31,39H,5,10-15,18-20H2,1-2H3,(H,42,47)(H,48,49). The van der Waals surface area contributed by atoms with Crippen molar-refractivity contribution in [2.24, 2.45) is 0 Å². The fraction of sp³-hybridized carbons (Fsp3) is 0.385. The summed E-state index contributed by atoms with van der Waals surface area (Å²) in [6.07, 6.45) is 3.40. The van der Waals surface area contributed by atoms with Crippen molar-refractivity contribution in [3.8, 4) is 39.8 Å². The van der Waals surface area contributed by atoms with E-state index in [1.807, 2.05) is 37.3 Å². The normalized spacial score (nSPS) is 19.4. The monoisotopic (exact) mass is 711 g/mol. The molecule has 0 bridgehead atoms. The van der Waals surface area contributed by atoms with Crippen LogP contribution < -0.4 is 10.1 Å². The molecule has 3 aromatic carbocycles. The van der Waals surface area contributed by atoms with Crippen molar-refractivity contribution in [3.05, 3.63) is 76.7 Å². The number of carboxylic acid groups (broad SMARTS) is 1. The SMILES string of the molecule is Cc1c(-c2nc3c(o2)CCN(CC2CCC(=O)N2)C3)cccc1-c1cccc(-c2nc3cc(CN4CCCC4C(=O)O)c(OC(F)F)cc3o2)c1C. The number of nitrogens with one attached hydrogen (secondary N) is 1. The van der Waals surface area contributed by atoms with E-state index in [1.165, 1.54) is 6.07 Å². The zero-order valence-electron chi connectivity index (χ0n) is 29.0. The molecule has 270 valence electrons. The molecule has 52 heavy (non-hydrogen) atoms. The van der Waals surface area contributed by atoms with Gasteiger partial charge in [-0.15, -0.1) is 0 Å². The number of amides is 1. The number of alkyl halides is 2. The van der Waals surface area contributed by atoms with Gasteiger partial charge >= 0.3 is 12.6 Å². The number of carbonyl (C=O) groups excluding carboxylic acids is 1. The Morgan fingerprint density at radius 3 is 2.37 bits per heavy atom. The molecule has 2 saturated heterocycles. The van der Waals surface area contributed by atoms with E-state index in [0.717, 1.165) is 70.8 Å². The van der Waals surface area contributed by atoms with Gasteiger partial charge in [0.25, 0.3) is 0 Å². The molecule has 5 heterocycles. The first-order valence-electron chi connectivity index (χ1n) is 17.7. The number of likely N-dealkylation sites (tertiary alicyclic amines) is 1. The second-order valence-corrected chi connectivity index (χ2v) is 13.9. The van der Waals surface area contributed by atoms with Crippen molar-refractivity contribution in [1.82, 2.24) is 25.1 Å². The molecule has 2 fully saturated rings. The summed E-state index contributed by atoms with van der Waals surface area (Å²) in [5.74, 6) is 0.918. The lowest BCUT2D eigenvalue weighted by molar-refractivity contribution is -0.142. The van der Waals surface area contributed by atoms with Crippen LogP contribution in [0.5, 0.6) is 5.75 Å². The summed E-state index contributed by atoms with van der Waals surface area (Å²) >= 11 is 0. The van der Waals surface area contributed by atoms with Crippen molar-refractivity contribution in [2.45, 2.75) is 77.7 Å². The number of aliphatic carboxylic acids is 1. The molecular formula is C39H39F2N5O6. The number of aromatic nitrogens is 2. The van der Waals surface area contributed by atoms with Crippen LogP contribution in [0.15, 0.2) is 57.4 Å². The van der Waals surface area contributed by atoms with E-state index in [1.54, 1.807) is 11.0 Å². The summed E-state index contributed by atoms with van der Waals surface area (Å²) in [4.78, 5) is 37.2. The Bertz CT molecular complexity index is 2180. The molecule has 2 N–H and O–H groups in total. The van der Waals surface area contributed by atoms with Crippen LogP contribution in [-0.4, -0.2) is 75.1 Å². The zero-order chi connectivity index (χ0) is 36.1. The maximum atomic E-state index is 13.5. The molecule has 13 heteroatoms. The largest absolute Gasteiger partial charge is 0.480 e. The van der Waals surface area contributed by atoms with Crippen LogP contribution in [0.4, 0.5) is 8.78 Å². The molecule has 1 amide bonds. The van der Waals surface area contributed by atoms with E-state index in [4.69, 9.17) is 23.5 Å². The van der Waals surface area contributed by atoms with E-state index in [2.05, 4.69) is 23.2 Å². The molecule has 2 unspecified atom stereocenters. The number of nitrogens with zero attached hydrogens (tertiary/aromatic N) is 4. The number of hydrogen-bond donors (Lipinski definition) is 2. The maximum Gasteiger partial charge on any atom is 0.387 e. The molecule has 2 aromatic heterocycles. The highest BCUT2D eigenvalue weighted by Gasteiger charge is 2.32. The molecule has 3 aliphatic heterocycles. The number of ether oxygens (including phenoxy) is 1. The third-order valence-electron chi connectivity index (χ3n) is 10.6. The first-order chi connectivity index (χ1) is 25.1. The molecule has 0 radical (unpaired) electrons. The highest BCUT2D eigenvalue weighted by atomic mass is 19.3. The highest BCUT2D eigenvalue weighted by molar-refractivity contribution is 5.84. The van der Waals surface area contributed by atoms with Crippen LogP contribution in [-0.2, 0) is 29.1 Å². The van der Waals surface area contributed by atoms with Crippen LogP contribution in [0, 0.1) is 13.8 Å². The van der Waals surface area contributed by atoms with Crippen molar-refractivity contribution in [1.29, 1.82) is 0 Å². The summed E-state index contributed by atoms with van der Waals surface area (Å²) in [6, 6.07) is 14.5. The van der Waals surface area contributed by atoms with E-state index < -0.39 is 18.6 Å². The minimum absolute atomic E-state index is 0.0672. The smallest absolute Gasteiger partial charge is 0.387 e. The third kappa shape index (κ3) is 6.54. The van der Waals surface area contributed by atoms with Gasteiger partial charge in [0.15, 0.2) is 5.58 Å². The van der Waals surface area contributed by atoms with Crippen molar-refractivity contribution >= 4 is 23.0 Å². The fourth-order valence-electron chi connectivity index (χ4n) is 7.92. The van der Waals surface area contributed by atoms with Gasteiger partial charge in [0.2, 0.25) is 17.7 Å². The van der Waals surface area contributed by atoms with Gasteiger partial charge in [-0.2, -0.15) is 8.78 Å². The molecule has 3 aliphatic rings. The van der Waals surface area contributed by atoms with Gasteiger partial charge < -0.3 is 24.0 Å². The van der Waals surface area contributed by atoms with Crippen molar-refractivity contribution < 1.29 is 37.0 Å². The average Bonchev–Trinajstić information content (AvgIpc) is 3.92. The Labute approximate surface area is 298 Å². The number of halogens is 2. The second kappa shape index (κ2) is 13.8.